The van der Waals surface area contributed by atoms with Crippen LogP contribution in [-0.4, -0.2) is 9.91 Å². The van der Waals surface area contributed by atoms with Crippen molar-refractivity contribution >= 4 is 40.5 Å². The number of ether oxygens (including phenoxy) is 1. The van der Waals surface area contributed by atoms with E-state index in [9.17, 15) is 10.1 Å². The highest BCUT2D eigenvalue weighted by molar-refractivity contribution is 6.37. The molecule has 0 saturated heterocycles. The van der Waals surface area contributed by atoms with E-state index in [0.717, 1.165) is 11.1 Å². The van der Waals surface area contributed by atoms with Gasteiger partial charge in [-0.25, -0.2) is 4.98 Å². The van der Waals surface area contributed by atoms with Gasteiger partial charge < -0.3 is 4.74 Å². The molecule has 0 aliphatic heterocycles. The Morgan fingerprint density at radius 1 is 1.29 bits per heavy atom. The minimum absolute atomic E-state index is 0.0387. The summed E-state index contributed by atoms with van der Waals surface area (Å²) in [6.07, 6.45) is 1.57. The summed E-state index contributed by atoms with van der Waals surface area (Å²) in [6, 6.07) is 4.17. The number of rotatable bonds is 4. The van der Waals surface area contributed by atoms with Gasteiger partial charge in [-0.3, -0.25) is 10.1 Å². The summed E-state index contributed by atoms with van der Waals surface area (Å²) in [5.41, 5.74) is 1.39. The monoisotopic (exact) mass is 346 g/mol. The SMILES string of the molecule is Cc1cc(CCl)cnc1Oc1c(Cl)cc([N+](=O)[O-])cc1Cl. The van der Waals surface area contributed by atoms with Gasteiger partial charge in [0.05, 0.1) is 15.0 Å². The number of halogens is 3. The van der Waals surface area contributed by atoms with Crippen molar-refractivity contribution in [1.82, 2.24) is 4.98 Å². The molecule has 1 aromatic heterocycles. The number of nitrogens with zero attached hydrogens (tertiary/aromatic N) is 2. The molecule has 5 nitrogen and oxygen atoms in total. The summed E-state index contributed by atoms with van der Waals surface area (Å²) in [4.78, 5) is 14.3. The maximum Gasteiger partial charge on any atom is 0.272 e. The number of hydrogen-bond donors (Lipinski definition) is 0. The molecule has 0 amide bonds. The van der Waals surface area contributed by atoms with Gasteiger partial charge in [0, 0.05) is 29.8 Å². The van der Waals surface area contributed by atoms with Crippen LogP contribution in [0.1, 0.15) is 11.1 Å². The molecule has 0 radical (unpaired) electrons. The van der Waals surface area contributed by atoms with Crippen LogP contribution in [0.3, 0.4) is 0 Å². The van der Waals surface area contributed by atoms with Gasteiger partial charge in [-0.05, 0) is 18.6 Å². The minimum atomic E-state index is -0.583. The Labute approximate surface area is 135 Å². The van der Waals surface area contributed by atoms with E-state index < -0.39 is 4.92 Å². The van der Waals surface area contributed by atoms with Crippen LogP contribution >= 0.6 is 34.8 Å². The Kier molecular flexibility index (Phi) is 4.88. The Hall–Kier alpha value is -1.56. The van der Waals surface area contributed by atoms with Gasteiger partial charge in [0.2, 0.25) is 5.88 Å². The molecule has 0 saturated carbocycles. The first-order valence-corrected chi connectivity index (χ1v) is 7.04. The molecule has 1 aromatic carbocycles. The van der Waals surface area contributed by atoms with E-state index in [1.54, 1.807) is 13.1 Å². The van der Waals surface area contributed by atoms with Crippen molar-refractivity contribution < 1.29 is 9.66 Å². The normalized spacial score (nSPS) is 10.5. The number of aryl methyl sites for hydroxylation is 1. The van der Waals surface area contributed by atoms with Gasteiger partial charge in [0.25, 0.3) is 5.69 Å². The summed E-state index contributed by atoms with van der Waals surface area (Å²) in [5, 5.41) is 10.8. The zero-order chi connectivity index (χ0) is 15.6. The van der Waals surface area contributed by atoms with Crippen molar-refractivity contribution in [2.24, 2.45) is 0 Å². The summed E-state index contributed by atoms with van der Waals surface area (Å²) >= 11 is 17.7. The van der Waals surface area contributed by atoms with Crippen LogP contribution in [0.2, 0.25) is 10.0 Å². The number of pyridine rings is 1. The lowest BCUT2D eigenvalue weighted by atomic mass is 10.2. The molecule has 8 heteroatoms. The van der Waals surface area contributed by atoms with Crippen LogP contribution in [0, 0.1) is 17.0 Å². The maximum absolute atomic E-state index is 10.7. The summed E-state index contributed by atoms with van der Waals surface area (Å²) in [6.45, 7) is 1.80. The van der Waals surface area contributed by atoms with Crippen molar-refractivity contribution in [3.63, 3.8) is 0 Å². The Balaban J connectivity index is 2.38. The molecule has 1 heterocycles. The third-order valence-corrected chi connectivity index (χ3v) is 3.50. The third-order valence-electron chi connectivity index (χ3n) is 2.63. The average molecular weight is 348 g/mol. The van der Waals surface area contributed by atoms with E-state index in [1.807, 2.05) is 6.07 Å². The Morgan fingerprint density at radius 3 is 2.38 bits per heavy atom. The fraction of sp³-hybridized carbons (Fsp3) is 0.154. The van der Waals surface area contributed by atoms with Crippen molar-refractivity contribution in [3.8, 4) is 11.6 Å². The lowest BCUT2D eigenvalue weighted by Crippen LogP contribution is -1.95. The first kappa shape index (κ1) is 15.8. The maximum atomic E-state index is 10.7. The fourth-order valence-electron chi connectivity index (χ4n) is 1.65. The van der Waals surface area contributed by atoms with Crippen LogP contribution in [0.4, 0.5) is 5.69 Å². The quantitative estimate of drug-likeness (QED) is 0.436. The lowest BCUT2D eigenvalue weighted by molar-refractivity contribution is -0.384. The van der Waals surface area contributed by atoms with Crippen LogP contribution in [0.5, 0.6) is 11.6 Å². The lowest BCUT2D eigenvalue weighted by Gasteiger charge is -2.11. The zero-order valence-electron chi connectivity index (χ0n) is 10.8. The first-order valence-electron chi connectivity index (χ1n) is 5.75. The molecule has 0 bridgehead atoms. The molecule has 0 fully saturated rings. The Morgan fingerprint density at radius 2 is 1.90 bits per heavy atom. The second-order valence-electron chi connectivity index (χ2n) is 4.20. The highest BCUT2D eigenvalue weighted by Gasteiger charge is 2.17. The molecule has 0 aliphatic rings. The molecular formula is C13H9Cl3N2O3. The third kappa shape index (κ3) is 3.56. The van der Waals surface area contributed by atoms with Gasteiger partial charge in [-0.1, -0.05) is 23.2 Å². The van der Waals surface area contributed by atoms with E-state index >= 15 is 0 Å². The molecule has 21 heavy (non-hydrogen) atoms. The van der Waals surface area contributed by atoms with Gasteiger partial charge in [-0.15, -0.1) is 11.6 Å². The fourth-order valence-corrected chi connectivity index (χ4v) is 2.35. The number of alkyl halides is 1. The highest BCUT2D eigenvalue weighted by atomic mass is 35.5. The zero-order valence-corrected chi connectivity index (χ0v) is 13.0. The number of aromatic nitrogens is 1. The van der Waals surface area contributed by atoms with Crippen molar-refractivity contribution in [2.45, 2.75) is 12.8 Å². The minimum Gasteiger partial charge on any atom is -0.436 e. The largest absolute Gasteiger partial charge is 0.436 e. The van der Waals surface area contributed by atoms with Gasteiger partial charge in [0.1, 0.15) is 0 Å². The average Bonchev–Trinajstić information content (AvgIpc) is 2.43. The topological polar surface area (TPSA) is 65.3 Å². The number of benzene rings is 1. The van der Waals surface area contributed by atoms with Crippen molar-refractivity contribution in [2.75, 3.05) is 0 Å². The smallest absolute Gasteiger partial charge is 0.272 e. The van der Waals surface area contributed by atoms with Gasteiger partial charge >= 0.3 is 0 Å². The molecule has 0 aliphatic carbocycles. The van der Waals surface area contributed by atoms with E-state index in [2.05, 4.69) is 4.98 Å². The predicted octanol–water partition coefficient (Wildman–Crippen LogP) is 5.14. The first-order chi connectivity index (χ1) is 9.92. The molecule has 110 valence electrons. The highest BCUT2D eigenvalue weighted by Crippen LogP contribution is 2.39. The summed E-state index contributed by atoms with van der Waals surface area (Å²) in [7, 11) is 0. The number of non-ortho nitro benzene ring substituents is 1. The molecule has 2 rings (SSSR count). The predicted molar refractivity (Wildman–Crippen MR) is 81.7 cm³/mol. The molecule has 0 unspecified atom stereocenters. The van der Waals surface area contributed by atoms with Crippen LogP contribution in [0.25, 0.3) is 0 Å². The van der Waals surface area contributed by atoms with E-state index in [-0.39, 0.29) is 21.5 Å². The van der Waals surface area contributed by atoms with E-state index in [1.165, 1.54) is 12.1 Å². The molecule has 0 spiro atoms. The molecule has 0 N–H and O–H groups in total. The number of nitro groups is 1. The molecule has 2 aromatic rings. The summed E-state index contributed by atoms with van der Waals surface area (Å²) < 4.78 is 5.56. The van der Waals surface area contributed by atoms with Gasteiger partial charge in [-0.2, -0.15) is 0 Å². The van der Waals surface area contributed by atoms with Crippen molar-refractivity contribution in [1.29, 1.82) is 0 Å². The Bertz CT molecular complexity index is 684. The number of nitro benzene ring substituents is 1. The second-order valence-corrected chi connectivity index (χ2v) is 5.28. The number of hydrogen-bond acceptors (Lipinski definition) is 4. The van der Waals surface area contributed by atoms with Crippen LogP contribution in [0.15, 0.2) is 24.4 Å². The molecular weight excluding hydrogens is 339 g/mol. The second kappa shape index (κ2) is 6.47. The van der Waals surface area contributed by atoms with E-state index in [4.69, 9.17) is 39.5 Å². The molecule has 0 atom stereocenters. The standard InChI is InChI=1S/C13H9Cl3N2O3/c1-7-2-8(5-14)6-17-13(7)21-12-10(15)3-9(18(19)20)4-11(12)16/h2-4,6H,5H2,1H3. The summed E-state index contributed by atoms with van der Waals surface area (Å²) in [5.74, 6) is 0.771. The van der Waals surface area contributed by atoms with E-state index in [0.29, 0.717) is 11.8 Å². The van der Waals surface area contributed by atoms with Gasteiger partial charge in [0.15, 0.2) is 5.75 Å². The van der Waals surface area contributed by atoms with Crippen LogP contribution in [-0.2, 0) is 5.88 Å². The van der Waals surface area contributed by atoms with Crippen LogP contribution < -0.4 is 4.74 Å². The van der Waals surface area contributed by atoms with Crippen molar-refractivity contribution in [3.05, 3.63) is 55.7 Å².